The van der Waals surface area contributed by atoms with Gasteiger partial charge in [-0.15, -0.1) is 0 Å². The van der Waals surface area contributed by atoms with Crippen molar-refractivity contribution >= 4 is 17.9 Å². The molecule has 0 aliphatic rings. The molecule has 0 heterocycles. The molecular formula is C51H100NO7+. The number of hydrogen-bond donors (Lipinski definition) is 1. The van der Waals surface area contributed by atoms with Gasteiger partial charge in [0.25, 0.3) is 0 Å². The quantitative estimate of drug-likeness (QED) is 0.0370. The predicted octanol–water partition coefficient (Wildman–Crippen LogP) is 14.5. The monoisotopic (exact) mass is 839 g/mol. The number of likely N-dealkylation sites (N-methyl/N-ethyl adjacent to an activating group) is 1. The minimum absolute atomic E-state index is 0.0417. The molecule has 8 nitrogen and oxygen atoms in total. The van der Waals surface area contributed by atoms with Gasteiger partial charge >= 0.3 is 17.9 Å². The average Bonchev–Trinajstić information content (AvgIpc) is 3.19. The Morgan fingerprint density at radius 2 is 0.746 bits per heavy atom. The number of carboxylic acids is 1. The first-order chi connectivity index (χ1) is 28.6. The van der Waals surface area contributed by atoms with Crippen LogP contribution in [0.1, 0.15) is 258 Å². The molecule has 59 heavy (non-hydrogen) atoms. The van der Waals surface area contributed by atoms with E-state index in [4.69, 9.17) is 14.2 Å². The van der Waals surface area contributed by atoms with Crippen LogP contribution in [-0.4, -0.2) is 80.6 Å². The number of aliphatic carboxylic acids is 1. The minimum atomic E-state index is -0.869. The van der Waals surface area contributed by atoms with Crippen LogP contribution in [0.4, 0.5) is 0 Å². The highest BCUT2D eigenvalue weighted by atomic mass is 16.6. The van der Waals surface area contributed by atoms with Crippen molar-refractivity contribution in [3.05, 3.63) is 0 Å². The Hall–Kier alpha value is -1.67. The third kappa shape index (κ3) is 41.5. The molecule has 0 aromatic rings. The molecule has 0 aromatic heterocycles. The summed E-state index contributed by atoms with van der Waals surface area (Å²) in [7, 11) is 5.55. The van der Waals surface area contributed by atoms with Crippen LogP contribution in [0.15, 0.2) is 0 Å². The van der Waals surface area contributed by atoms with E-state index >= 15 is 0 Å². The second-order valence-electron chi connectivity index (χ2n) is 18.8. The smallest absolute Gasteiger partial charge is 0.362 e. The van der Waals surface area contributed by atoms with E-state index in [0.717, 1.165) is 38.5 Å². The largest absolute Gasteiger partial charge is 0.477 e. The number of quaternary nitrogens is 1. The number of unbranched alkanes of at least 4 members (excludes halogenated alkanes) is 33. The molecule has 0 rings (SSSR count). The SMILES string of the molecule is CCCCCCCCCCCCCCCCCCCCCCCCCC(=O)OC(COCCC(C(=O)O)[N+](C)(C)C)COC(=O)CCCCCCCCCCCCCC. The highest BCUT2D eigenvalue weighted by molar-refractivity contribution is 5.72. The third-order valence-corrected chi connectivity index (χ3v) is 12.0. The molecule has 0 saturated carbocycles. The first-order valence-corrected chi connectivity index (χ1v) is 25.6. The van der Waals surface area contributed by atoms with Crippen LogP contribution >= 0.6 is 0 Å². The summed E-state index contributed by atoms with van der Waals surface area (Å²) in [6, 6.07) is -0.608. The van der Waals surface area contributed by atoms with Gasteiger partial charge in [-0.1, -0.05) is 226 Å². The highest BCUT2D eigenvalue weighted by Crippen LogP contribution is 2.17. The molecule has 0 saturated heterocycles. The van der Waals surface area contributed by atoms with Gasteiger partial charge in [0.2, 0.25) is 0 Å². The molecule has 1 N–H and O–H groups in total. The molecular weight excluding hydrogens is 739 g/mol. The number of carbonyl (C=O) groups is 3. The molecule has 0 fully saturated rings. The lowest BCUT2D eigenvalue weighted by Gasteiger charge is -2.31. The molecule has 0 bridgehead atoms. The molecule has 0 aliphatic heterocycles. The lowest BCUT2D eigenvalue weighted by molar-refractivity contribution is -0.887. The lowest BCUT2D eigenvalue weighted by atomic mass is 10.0. The van der Waals surface area contributed by atoms with Crippen LogP contribution in [0.25, 0.3) is 0 Å². The molecule has 0 amide bonds. The van der Waals surface area contributed by atoms with E-state index in [1.165, 1.54) is 186 Å². The Morgan fingerprint density at radius 1 is 0.441 bits per heavy atom. The van der Waals surface area contributed by atoms with Crippen molar-refractivity contribution in [2.24, 2.45) is 0 Å². The topological polar surface area (TPSA) is 99.1 Å². The van der Waals surface area contributed by atoms with Gasteiger partial charge in [0.05, 0.1) is 34.4 Å². The van der Waals surface area contributed by atoms with Crippen LogP contribution in [-0.2, 0) is 28.6 Å². The number of esters is 2. The maximum atomic E-state index is 12.8. The van der Waals surface area contributed by atoms with E-state index < -0.39 is 18.1 Å². The first kappa shape index (κ1) is 57.3. The van der Waals surface area contributed by atoms with E-state index in [-0.39, 0.29) is 36.2 Å². The Kier molecular flexibility index (Phi) is 41.8. The zero-order valence-electron chi connectivity index (χ0n) is 40.0. The van der Waals surface area contributed by atoms with E-state index in [9.17, 15) is 19.5 Å². The fourth-order valence-electron chi connectivity index (χ4n) is 8.04. The van der Waals surface area contributed by atoms with Crippen molar-refractivity contribution < 1.29 is 38.2 Å². The van der Waals surface area contributed by atoms with Gasteiger partial charge in [-0.05, 0) is 12.8 Å². The second kappa shape index (κ2) is 43.0. The number of nitrogens with zero attached hydrogens (tertiary/aromatic N) is 1. The van der Waals surface area contributed by atoms with Gasteiger partial charge in [-0.2, -0.15) is 0 Å². The van der Waals surface area contributed by atoms with E-state index in [2.05, 4.69) is 13.8 Å². The molecule has 0 spiro atoms. The third-order valence-electron chi connectivity index (χ3n) is 12.0. The van der Waals surface area contributed by atoms with Crippen molar-refractivity contribution in [1.82, 2.24) is 0 Å². The van der Waals surface area contributed by atoms with Gasteiger partial charge in [-0.25, -0.2) is 4.79 Å². The van der Waals surface area contributed by atoms with Crippen LogP contribution in [0.3, 0.4) is 0 Å². The molecule has 0 radical (unpaired) electrons. The summed E-state index contributed by atoms with van der Waals surface area (Å²) in [4.78, 5) is 37.1. The van der Waals surface area contributed by atoms with Gasteiger partial charge in [0.15, 0.2) is 12.1 Å². The minimum Gasteiger partial charge on any atom is -0.477 e. The second-order valence-corrected chi connectivity index (χ2v) is 18.8. The number of ether oxygens (including phenoxy) is 3. The highest BCUT2D eigenvalue weighted by Gasteiger charge is 2.31. The van der Waals surface area contributed by atoms with Gasteiger partial charge in [0, 0.05) is 19.3 Å². The maximum Gasteiger partial charge on any atom is 0.362 e. The van der Waals surface area contributed by atoms with Crippen LogP contribution < -0.4 is 0 Å². The van der Waals surface area contributed by atoms with Crippen molar-refractivity contribution in [2.45, 2.75) is 270 Å². The summed E-state index contributed by atoms with van der Waals surface area (Å²) in [6.45, 7) is 4.79. The summed E-state index contributed by atoms with van der Waals surface area (Å²) in [6.07, 6.45) is 45.8. The summed E-state index contributed by atoms with van der Waals surface area (Å²) in [5.74, 6) is -1.44. The average molecular weight is 839 g/mol. The molecule has 2 unspecified atom stereocenters. The van der Waals surface area contributed by atoms with Crippen molar-refractivity contribution in [1.29, 1.82) is 0 Å². The molecule has 2 atom stereocenters. The summed E-state index contributed by atoms with van der Waals surface area (Å²) in [5, 5.41) is 9.64. The van der Waals surface area contributed by atoms with Crippen molar-refractivity contribution in [2.75, 3.05) is 41.0 Å². The lowest BCUT2D eigenvalue weighted by Crippen LogP contribution is -2.50. The standard InChI is InChI=1S/C51H99NO7/c1-6-8-10-12-14-16-18-20-21-22-23-24-25-26-27-28-29-30-32-34-36-38-40-42-50(54)59-47(45-57-44-43-48(51(55)56)52(3,4)5)46-58-49(53)41-39-37-35-33-31-19-17-15-13-11-9-7-2/h47-48H,6-46H2,1-5H3/p+1. The van der Waals surface area contributed by atoms with Crippen molar-refractivity contribution in [3.8, 4) is 0 Å². The summed E-state index contributed by atoms with van der Waals surface area (Å²) >= 11 is 0. The number of carboxylic acid groups (broad SMARTS) is 1. The number of carbonyl (C=O) groups excluding carboxylic acids is 2. The zero-order chi connectivity index (χ0) is 43.5. The van der Waals surface area contributed by atoms with E-state index in [1.54, 1.807) is 0 Å². The fourth-order valence-corrected chi connectivity index (χ4v) is 8.04. The summed E-state index contributed by atoms with van der Waals surface area (Å²) in [5.41, 5.74) is 0. The Morgan fingerprint density at radius 3 is 1.05 bits per heavy atom. The first-order valence-electron chi connectivity index (χ1n) is 25.6. The van der Waals surface area contributed by atoms with Crippen LogP contribution in [0.5, 0.6) is 0 Å². The fraction of sp³-hybridized carbons (Fsp3) is 0.941. The number of hydrogen-bond acceptors (Lipinski definition) is 6. The van der Waals surface area contributed by atoms with Crippen molar-refractivity contribution in [3.63, 3.8) is 0 Å². The zero-order valence-corrected chi connectivity index (χ0v) is 40.0. The molecule has 350 valence electrons. The van der Waals surface area contributed by atoms with E-state index in [1.807, 2.05) is 21.1 Å². The Bertz CT molecular complexity index is 936. The van der Waals surface area contributed by atoms with Gasteiger partial charge in [-0.3, -0.25) is 9.59 Å². The summed E-state index contributed by atoms with van der Waals surface area (Å²) < 4.78 is 17.3. The van der Waals surface area contributed by atoms with Gasteiger partial charge in [0.1, 0.15) is 6.61 Å². The molecule has 0 aliphatic carbocycles. The number of rotatable bonds is 47. The van der Waals surface area contributed by atoms with Gasteiger partial charge < -0.3 is 23.8 Å². The molecule has 0 aromatic carbocycles. The van der Waals surface area contributed by atoms with E-state index in [0.29, 0.717) is 19.3 Å². The Labute approximate surface area is 366 Å². The predicted molar refractivity (Wildman–Crippen MR) is 248 cm³/mol. The Balaban J connectivity index is 4.12. The van der Waals surface area contributed by atoms with Crippen LogP contribution in [0.2, 0.25) is 0 Å². The van der Waals surface area contributed by atoms with Crippen LogP contribution in [0, 0.1) is 0 Å². The molecule has 8 heteroatoms. The normalized spacial score (nSPS) is 12.8. The maximum absolute atomic E-state index is 12.8.